The molecule has 1 amide bonds. The van der Waals surface area contributed by atoms with Crippen LogP contribution in [-0.4, -0.2) is 29.4 Å². The SMILES string of the molecule is COc1ccc(-c2[nH]ncc2/C=N\NC(=O)C2c3ccccc3Oc3ccccc32)cc1. The number of fused-ring (bicyclic) bond motifs is 2. The van der Waals surface area contributed by atoms with E-state index < -0.39 is 5.92 Å². The van der Waals surface area contributed by atoms with E-state index >= 15 is 0 Å². The summed E-state index contributed by atoms with van der Waals surface area (Å²) in [6.07, 6.45) is 3.24. The summed E-state index contributed by atoms with van der Waals surface area (Å²) in [7, 11) is 1.63. The molecule has 3 aromatic carbocycles. The lowest BCUT2D eigenvalue weighted by atomic mass is 9.87. The Hall–Kier alpha value is -4.39. The zero-order valence-corrected chi connectivity index (χ0v) is 17.3. The number of hydrazone groups is 1. The third kappa shape index (κ3) is 3.60. The number of ether oxygens (including phenoxy) is 2. The predicted molar refractivity (Wildman–Crippen MR) is 121 cm³/mol. The van der Waals surface area contributed by atoms with Crippen LogP contribution in [0.5, 0.6) is 17.2 Å². The maximum atomic E-state index is 13.2. The first kappa shape index (κ1) is 19.6. The van der Waals surface area contributed by atoms with Gasteiger partial charge in [0.1, 0.15) is 17.2 Å². The molecule has 0 saturated carbocycles. The monoisotopic (exact) mass is 424 g/mol. The molecule has 2 N–H and O–H groups in total. The smallest absolute Gasteiger partial charge is 0.252 e. The fourth-order valence-corrected chi connectivity index (χ4v) is 3.80. The molecule has 0 bridgehead atoms. The van der Waals surface area contributed by atoms with Crippen molar-refractivity contribution in [3.63, 3.8) is 0 Å². The number of nitrogens with one attached hydrogen (secondary N) is 2. The second-order valence-electron chi connectivity index (χ2n) is 7.27. The Labute approximate surface area is 184 Å². The first-order valence-corrected chi connectivity index (χ1v) is 10.1. The molecular formula is C25H20N4O3. The number of amides is 1. The zero-order valence-electron chi connectivity index (χ0n) is 17.3. The number of H-pyrrole nitrogens is 1. The van der Waals surface area contributed by atoms with Crippen LogP contribution in [0.2, 0.25) is 0 Å². The van der Waals surface area contributed by atoms with Gasteiger partial charge in [-0.15, -0.1) is 0 Å². The Morgan fingerprint density at radius 2 is 1.69 bits per heavy atom. The first-order chi connectivity index (χ1) is 15.7. The molecule has 0 radical (unpaired) electrons. The molecule has 1 aliphatic heterocycles. The van der Waals surface area contributed by atoms with Gasteiger partial charge in [-0.2, -0.15) is 10.2 Å². The van der Waals surface area contributed by atoms with Crippen molar-refractivity contribution in [2.24, 2.45) is 5.10 Å². The number of carbonyl (C=O) groups excluding carboxylic acids is 1. The van der Waals surface area contributed by atoms with E-state index in [1.165, 1.54) is 0 Å². The van der Waals surface area contributed by atoms with Gasteiger partial charge in [-0.1, -0.05) is 36.4 Å². The van der Waals surface area contributed by atoms with Gasteiger partial charge in [0.2, 0.25) is 0 Å². The zero-order chi connectivity index (χ0) is 21.9. The minimum Gasteiger partial charge on any atom is -0.497 e. The van der Waals surface area contributed by atoms with E-state index in [0.29, 0.717) is 11.5 Å². The Bertz CT molecular complexity index is 1250. The summed E-state index contributed by atoms with van der Waals surface area (Å²) < 4.78 is 11.2. The molecule has 1 aliphatic rings. The summed E-state index contributed by atoms with van der Waals surface area (Å²) in [4.78, 5) is 13.2. The number of aromatic amines is 1. The van der Waals surface area contributed by atoms with E-state index in [0.717, 1.165) is 33.7 Å². The lowest BCUT2D eigenvalue weighted by Crippen LogP contribution is -2.28. The van der Waals surface area contributed by atoms with Crippen LogP contribution in [0.25, 0.3) is 11.3 Å². The number of benzene rings is 3. The van der Waals surface area contributed by atoms with Gasteiger partial charge in [-0.25, -0.2) is 5.43 Å². The second kappa shape index (κ2) is 8.39. The van der Waals surface area contributed by atoms with Gasteiger partial charge in [-0.05, 0) is 36.4 Å². The Balaban J connectivity index is 1.38. The van der Waals surface area contributed by atoms with Crippen molar-refractivity contribution in [1.82, 2.24) is 15.6 Å². The summed E-state index contributed by atoms with van der Waals surface area (Å²) >= 11 is 0. The average Bonchev–Trinajstić information content (AvgIpc) is 3.31. The second-order valence-corrected chi connectivity index (χ2v) is 7.27. The summed E-state index contributed by atoms with van der Waals surface area (Å²) in [6.45, 7) is 0. The van der Waals surface area contributed by atoms with E-state index in [-0.39, 0.29) is 5.91 Å². The van der Waals surface area contributed by atoms with E-state index in [1.54, 1.807) is 19.5 Å². The molecule has 32 heavy (non-hydrogen) atoms. The highest BCUT2D eigenvalue weighted by atomic mass is 16.5. The Morgan fingerprint density at radius 1 is 1.03 bits per heavy atom. The topological polar surface area (TPSA) is 88.6 Å². The van der Waals surface area contributed by atoms with Crippen LogP contribution in [0.15, 0.2) is 84.1 Å². The number of para-hydroxylation sites is 2. The number of nitrogens with zero attached hydrogens (tertiary/aromatic N) is 2. The van der Waals surface area contributed by atoms with E-state index in [9.17, 15) is 4.79 Å². The van der Waals surface area contributed by atoms with Crippen LogP contribution < -0.4 is 14.9 Å². The van der Waals surface area contributed by atoms with Crippen molar-refractivity contribution in [3.8, 4) is 28.5 Å². The van der Waals surface area contributed by atoms with Crippen molar-refractivity contribution >= 4 is 12.1 Å². The van der Waals surface area contributed by atoms with Crippen LogP contribution in [0.4, 0.5) is 0 Å². The first-order valence-electron chi connectivity index (χ1n) is 10.1. The predicted octanol–water partition coefficient (Wildman–Crippen LogP) is 4.47. The molecule has 1 aromatic heterocycles. The number of hydrogen-bond acceptors (Lipinski definition) is 5. The minimum atomic E-state index is -0.515. The highest BCUT2D eigenvalue weighted by Crippen LogP contribution is 2.43. The van der Waals surface area contributed by atoms with Crippen molar-refractivity contribution < 1.29 is 14.3 Å². The van der Waals surface area contributed by atoms with Crippen molar-refractivity contribution in [2.45, 2.75) is 5.92 Å². The molecule has 0 atom stereocenters. The quantitative estimate of drug-likeness (QED) is 0.365. The van der Waals surface area contributed by atoms with Gasteiger partial charge in [0.15, 0.2) is 0 Å². The van der Waals surface area contributed by atoms with Gasteiger partial charge >= 0.3 is 0 Å². The standard InChI is InChI=1S/C25H20N4O3/c1-31-18-12-10-16(11-13-18)24-17(14-26-28-24)15-27-29-25(30)23-19-6-2-4-8-21(19)32-22-9-5-3-7-20(22)23/h2-15,23H,1H3,(H,26,28)(H,29,30)/b27-15-. The number of rotatable bonds is 5. The molecule has 0 fully saturated rings. The Morgan fingerprint density at radius 3 is 2.34 bits per heavy atom. The fraction of sp³-hybridized carbons (Fsp3) is 0.0800. The molecule has 4 aromatic rings. The molecule has 7 nitrogen and oxygen atoms in total. The molecule has 2 heterocycles. The summed E-state index contributed by atoms with van der Waals surface area (Å²) in [5, 5.41) is 11.3. The maximum absolute atomic E-state index is 13.2. The summed E-state index contributed by atoms with van der Waals surface area (Å²) in [6, 6.07) is 22.7. The van der Waals surface area contributed by atoms with Crippen LogP contribution >= 0.6 is 0 Å². The highest BCUT2D eigenvalue weighted by Gasteiger charge is 2.32. The molecule has 158 valence electrons. The highest BCUT2D eigenvalue weighted by molar-refractivity contribution is 5.92. The molecule has 0 unspecified atom stereocenters. The molecule has 5 rings (SSSR count). The van der Waals surface area contributed by atoms with Gasteiger partial charge in [0.25, 0.3) is 5.91 Å². The normalized spacial score (nSPS) is 12.7. The summed E-state index contributed by atoms with van der Waals surface area (Å²) in [5.41, 5.74) is 6.78. The van der Waals surface area contributed by atoms with Crippen molar-refractivity contribution in [3.05, 3.63) is 95.7 Å². The largest absolute Gasteiger partial charge is 0.497 e. The molecular weight excluding hydrogens is 404 g/mol. The van der Waals surface area contributed by atoms with Crippen LogP contribution in [-0.2, 0) is 4.79 Å². The molecule has 0 saturated heterocycles. The van der Waals surface area contributed by atoms with Gasteiger partial charge in [0, 0.05) is 22.3 Å². The molecule has 7 heteroatoms. The maximum Gasteiger partial charge on any atom is 0.252 e. The third-order valence-electron chi connectivity index (χ3n) is 5.37. The average molecular weight is 424 g/mol. The van der Waals surface area contributed by atoms with Gasteiger partial charge in [0.05, 0.1) is 31.1 Å². The summed E-state index contributed by atoms with van der Waals surface area (Å²) in [5.74, 6) is 1.37. The number of carbonyl (C=O) groups is 1. The molecule has 0 spiro atoms. The number of hydrogen-bond donors (Lipinski definition) is 2. The van der Waals surface area contributed by atoms with Crippen LogP contribution in [0, 0.1) is 0 Å². The van der Waals surface area contributed by atoms with Gasteiger partial charge < -0.3 is 9.47 Å². The lowest BCUT2D eigenvalue weighted by molar-refractivity contribution is -0.121. The van der Waals surface area contributed by atoms with Crippen LogP contribution in [0.3, 0.4) is 0 Å². The lowest BCUT2D eigenvalue weighted by Gasteiger charge is -2.26. The van der Waals surface area contributed by atoms with Crippen molar-refractivity contribution in [2.75, 3.05) is 7.11 Å². The fourth-order valence-electron chi connectivity index (χ4n) is 3.80. The Kier molecular flexibility index (Phi) is 5.13. The minimum absolute atomic E-state index is 0.237. The van der Waals surface area contributed by atoms with Gasteiger partial charge in [-0.3, -0.25) is 9.89 Å². The number of aromatic nitrogens is 2. The third-order valence-corrected chi connectivity index (χ3v) is 5.37. The van der Waals surface area contributed by atoms with Crippen LogP contribution in [0.1, 0.15) is 22.6 Å². The number of methoxy groups -OCH3 is 1. The van der Waals surface area contributed by atoms with E-state index in [2.05, 4.69) is 20.7 Å². The molecule has 0 aliphatic carbocycles. The van der Waals surface area contributed by atoms with Crippen molar-refractivity contribution in [1.29, 1.82) is 0 Å². The van der Waals surface area contributed by atoms with E-state index in [1.807, 2.05) is 72.8 Å². The van der Waals surface area contributed by atoms with E-state index in [4.69, 9.17) is 9.47 Å².